The average molecular weight is 434 g/mol. The zero-order chi connectivity index (χ0) is 22.7. The van der Waals surface area contributed by atoms with Gasteiger partial charge < -0.3 is 21.1 Å². The highest BCUT2D eigenvalue weighted by Crippen LogP contribution is 2.31. The van der Waals surface area contributed by atoms with Gasteiger partial charge in [0.2, 0.25) is 0 Å². The van der Waals surface area contributed by atoms with Gasteiger partial charge in [0.05, 0.1) is 13.2 Å². The maximum Gasteiger partial charge on any atom is 0.253 e. The Kier molecular flexibility index (Phi) is 6.61. The molecule has 3 aromatic carbocycles. The molecule has 1 aliphatic carbocycles. The fourth-order valence-corrected chi connectivity index (χ4v) is 4.69. The van der Waals surface area contributed by atoms with E-state index in [0.29, 0.717) is 12.0 Å². The molecule has 4 N–H and O–H groups in total. The van der Waals surface area contributed by atoms with Crippen LogP contribution < -0.4 is 32.0 Å². The zero-order valence-electron chi connectivity index (χ0n) is 18.7. The molecular formula is C26H31N3O3. The van der Waals surface area contributed by atoms with Gasteiger partial charge in [-0.1, -0.05) is 43.5 Å². The first-order valence-electron chi connectivity index (χ1n) is 11.3. The molecule has 0 saturated heterocycles. The Bertz CT molecular complexity index is 1130. The van der Waals surface area contributed by atoms with Gasteiger partial charge >= 0.3 is 0 Å². The van der Waals surface area contributed by atoms with Gasteiger partial charge in [0, 0.05) is 11.7 Å². The summed E-state index contributed by atoms with van der Waals surface area (Å²) in [7, 11) is 1.66. The van der Waals surface area contributed by atoms with Crippen molar-refractivity contribution in [3.8, 4) is 5.75 Å². The average Bonchev–Trinajstić information content (AvgIpc) is 2.85. The van der Waals surface area contributed by atoms with Crippen molar-refractivity contribution in [2.24, 2.45) is 5.92 Å². The lowest BCUT2D eigenvalue weighted by molar-refractivity contribution is 0.272. The molecule has 0 amide bonds. The molecule has 0 aromatic heterocycles. The van der Waals surface area contributed by atoms with E-state index in [1.54, 1.807) is 7.11 Å². The number of hydrogen-bond acceptors (Lipinski definition) is 6. The van der Waals surface area contributed by atoms with Gasteiger partial charge in [-0.3, -0.25) is 9.59 Å². The van der Waals surface area contributed by atoms with E-state index >= 15 is 0 Å². The van der Waals surface area contributed by atoms with E-state index in [1.807, 2.05) is 30.3 Å². The molecule has 6 heteroatoms. The summed E-state index contributed by atoms with van der Waals surface area (Å²) in [5.74, 6) is 1.48. The lowest BCUT2D eigenvalue weighted by atomic mass is 9.83. The lowest BCUT2D eigenvalue weighted by Crippen LogP contribution is -2.38. The molecular weight excluding hydrogens is 402 g/mol. The SMILES string of the molecule is COc1ccc(C(N[C@H](C)C2CCCCC2)c2cccc(Nc3c(N)c(=O)c3=O)c2)cc1. The first-order chi connectivity index (χ1) is 15.5. The first kappa shape index (κ1) is 22.1. The molecule has 2 atom stereocenters. The van der Waals surface area contributed by atoms with Gasteiger partial charge in [-0.15, -0.1) is 0 Å². The minimum atomic E-state index is -0.622. The third kappa shape index (κ3) is 4.55. The zero-order valence-corrected chi connectivity index (χ0v) is 18.7. The van der Waals surface area contributed by atoms with Crippen molar-refractivity contribution in [2.75, 3.05) is 18.2 Å². The highest BCUT2D eigenvalue weighted by atomic mass is 16.5. The summed E-state index contributed by atoms with van der Waals surface area (Å²) in [6.07, 6.45) is 6.45. The molecule has 3 aromatic rings. The van der Waals surface area contributed by atoms with Crippen LogP contribution in [0.25, 0.3) is 0 Å². The van der Waals surface area contributed by atoms with Gasteiger partial charge in [0.1, 0.15) is 17.1 Å². The van der Waals surface area contributed by atoms with Gasteiger partial charge in [0.15, 0.2) is 0 Å². The van der Waals surface area contributed by atoms with Crippen molar-refractivity contribution in [1.29, 1.82) is 0 Å². The number of benzene rings is 2. The number of methoxy groups -OCH3 is 1. The van der Waals surface area contributed by atoms with Crippen molar-refractivity contribution >= 4 is 17.1 Å². The van der Waals surface area contributed by atoms with Crippen LogP contribution in [-0.2, 0) is 0 Å². The monoisotopic (exact) mass is 433 g/mol. The molecule has 168 valence electrons. The van der Waals surface area contributed by atoms with Crippen LogP contribution in [0.1, 0.15) is 56.2 Å². The summed E-state index contributed by atoms with van der Waals surface area (Å²) >= 11 is 0. The van der Waals surface area contributed by atoms with E-state index in [4.69, 9.17) is 10.5 Å². The van der Waals surface area contributed by atoms with Gasteiger partial charge in [-0.05, 0) is 61.1 Å². The summed E-state index contributed by atoms with van der Waals surface area (Å²) in [6.45, 7) is 2.28. The van der Waals surface area contributed by atoms with Crippen molar-refractivity contribution < 1.29 is 4.74 Å². The fourth-order valence-electron chi connectivity index (χ4n) is 4.69. The summed E-state index contributed by atoms with van der Waals surface area (Å²) in [6, 6.07) is 16.4. The van der Waals surface area contributed by atoms with E-state index in [2.05, 4.69) is 35.8 Å². The fraction of sp³-hybridized carbons (Fsp3) is 0.385. The number of nitrogens with two attached hydrogens (primary N) is 1. The highest BCUT2D eigenvalue weighted by Gasteiger charge is 2.25. The maximum absolute atomic E-state index is 11.8. The molecule has 0 spiro atoms. The molecule has 4 rings (SSSR count). The van der Waals surface area contributed by atoms with Crippen LogP contribution in [0.15, 0.2) is 58.1 Å². The molecule has 1 unspecified atom stereocenters. The first-order valence-corrected chi connectivity index (χ1v) is 11.3. The normalized spacial score (nSPS) is 16.6. The Balaban J connectivity index is 1.62. The number of ether oxygens (including phenoxy) is 1. The summed E-state index contributed by atoms with van der Waals surface area (Å²) in [4.78, 5) is 23.3. The highest BCUT2D eigenvalue weighted by molar-refractivity contribution is 5.76. The minimum Gasteiger partial charge on any atom is -0.497 e. The number of rotatable bonds is 8. The van der Waals surface area contributed by atoms with Gasteiger partial charge in [0.25, 0.3) is 10.9 Å². The van der Waals surface area contributed by atoms with E-state index in [-0.39, 0.29) is 17.4 Å². The van der Waals surface area contributed by atoms with E-state index in [1.165, 1.54) is 32.1 Å². The second-order valence-corrected chi connectivity index (χ2v) is 8.76. The number of hydrogen-bond donors (Lipinski definition) is 3. The van der Waals surface area contributed by atoms with Crippen molar-refractivity contribution in [2.45, 2.75) is 51.1 Å². The van der Waals surface area contributed by atoms with Crippen LogP contribution in [0, 0.1) is 5.92 Å². The summed E-state index contributed by atoms with van der Waals surface area (Å²) in [5, 5.41) is 6.89. The number of anilines is 3. The topological polar surface area (TPSA) is 93.4 Å². The van der Waals surface area contributed by atoms with E-state index in [9.17, 15) is 9.59 Å². The second-order valence-electron chi connectivity index (χ2n) is 8.76. The molecule has 0 bridgehead atoms. The van der Waals surface area contributed by atoms with Crippen LogP contribution in [0.4, 0.5) is 17.1 Å². The van der Waals surface area contributed by atoms with Crippen LogP contribution in [-0.4, -0.2) is 13.2 Å². The van der Waals surface area contributed by atoms with Crippen LogP contribution in [0.2, 0.25) is 0 Å². The van der Waals surface area contributed by atoms with E-state index in [0.717, 1.165) is 22.6 Å². The quantitative estimate of drug-likeness (QED) is 0.460. The van der Waals surface area contributed by atoms with Crippen molar-refractivity contribution in [1.82, 2.24) is 5.32 Å². The Labute approximate surface area is 188 Å². The van der Waals surface area contributed by atoms with E-state index < -0.39 is 10.9 Å². The van der Waals surface area contributed by atoms with Crippen LogP contribution >= 0.6 is 0 Å². The van der Waals surface area contributed by atoms with Crippen molar-refractivity contribution in [3.63, 3.8) is 0 Å². The molecule has 1 fully saturated rings. The molecule has 0 radical (unpaired) electrons. The second kappa shape index (κ2) is 9.57. The minimum absolute atomic E-state index is 0.00356. The Morgan fingerprint density at radius 2 is 1.69 bits per heavy atom. The molecule has 1 saturated carbocycles. The van der Waals surface area contributed by atoms with Gasteiger partial charge in [-0.2, -0.15) is 0 Å². The predicted octanol–water partition coefficient (Wildman–Crippen LogP) is 4.26. The van der Waals surface area contributed by atoms with Crippen LogP contribution in [0.5, 0.6) is 5.75 Å². The number of nitrogens with one attached hydrogen (secondary N) is 2. The third-order valence-corrected chi connectivity index (χ3v) is 6.67. The molecule has 6 nitrogen and oxygen atoms in total. The Morgan fingerprint density at radius 1 is 0.969 bits per heavy atom. The smallest absolute Gasteiger partial charge is 0.253 e. The lowest BCUT2D eigenvalue weighted by Gasteiger charge is -2.32. The molecule has 0 aliphatic heterocycles. The Morgan fingerprint density at radius 3 is 2.34 bits per heavy atom. The Hall–Kier alpha value is -3.12. The molecule has 32 heavy (non-hydrogen) atoms. The third-order valence-electron chi connectivity index (χ3n) is 6.67. The predicted molar refractivity (Wildman–Crippen MR) is 130 cm³/mol. The molecule has 0 heterocycles. The summed E-state index contributed by atoms with van der Waals surface area (Å²) < 4.78 is 5.33. The maximum atomic E-state index is 11.8. The standard InChI is InChI=1S/C26H31N3O3/c1-16(17-7-4-3-5-8-17)28-23(18-11-13-21(32-2)14-12-18)19-9-6-10-20(15-19)29-24-22(27)25(30)26(24)31/h6,9-17,23,28-29H,3-5,7-8,27H2,1-2H3/t16-,23?/m1/s1. The number of nitrogen functional groups attached to an aromatic ring is 1. The summed E-state index contributed by atoms with van der Waals surface area (Å²) in [5.41, 5.74) is 7.61. The van der Waals surface area contributed by atoms with Crippen molar-refractivity contribution in [3.05, 3.63) is 80.1 Å². The molecule has 1 aliphatic rings. The van der Waals surface area contributed by atoms with Gasteiger partial charge in [-0.25, -0.2) is 0 Å². The van der Waals surface area contributed by atoms with Crippen LogP contribution in [0.3, 0.4) is 0 Å². The largest absolute Gasteiger partial charge is 0.497 e.